The number of fused-ring (bicyclic) bond motifs is 1. The summed E-state index contributed by atoms with van der Waals surface area (Å²) in [6.45, 7) is 0. The van der Waals surface area contributed by atoms with Crippen molar-refractivity contribution in [3.63, 3.8) is 0 Å². The van der Waals surface area contributed by atoms with E-state index >= 15 is 0 Å². The maximum atomic E-state index is 13.5. The van der Waals surface area contributed by atoms with Gasteiger partial charge in [-0.05, 0) is 46.3 Å². The highest BCUT2D eigenvalue weighted by molar-refractivity contribution is 9.10. The van der Waals surface area contributed by atoms with E-state index in [1.54, 1.807) is 6.07 Å². The monoisotopic (exact) mass is 352 g/mol. The number of carboxylic acids is 1. The standard InChI is InChI=1S/C14H7BrF2N2O2/c15-9-2-1-6(3-10(9)17)13-18-11-5-7(16)4-8(14(20)21)12(11)19-13/h1-5H,(H,18,19)(H,20,21). The first-order valence-electron chi connectivity index (χ1n) is 5.83. The third kappa shape index (κ3) is 2.40. The van der Waals surface area contributed by atoms with Gasteiger partial charge < -0.3 is 10.1 Å². The molecule has 0 spiro atoms. The Kier molecular flexibility index (Phi) is 3.21. The molecule has 0 atom stereocenters. The Hall–Kier alpha value is -2.28. The summed E-state index contributed by atoms with van der Waals surface area (Å²) < 4.78 is 27.3. The lowest BCUT2D eigenvalue weighted by atomic mass is 10.2. The number of imidazole rings is 1. The van der Waals surface area contributed by atoms with Crippen molar-refractivity contribution >= 4 is 32.9 Å². The minimum absolute atomic E-state index is 0.127. The molecular weight excluding hydrogens is 346 g/mol. The fourth-order valence-corrected chi connectivity index (χ4v) is 2.27. The fourth-order valence-electron chi connectivity index (χ4n) is 2.03. The van der Waals surface area contributed by atoms with Crippen molar-refractivity contribution < 1.29 is 18.7 Å². The molecule has 2 N–H and O–H groups in total. The second kappa shape index (κ2) is 4.92. The molecule has 1 heterocycles. The Morgan fingerprint density at radius 3 is 2.67 bits per heavy atom. The lowest BCUT2D eigenvalue weighted by Crippen LogP contribution is -1.98. The molecule has 0 aliphatic rings. The first-order chi connectivity index (χ1) is 9.95. The van der Waals surface area contributed by atoms with Crippen LogP contribution in [0.15, 0.2) is 34.8 Å². The zero-order chi connectivity index (χ0) is 15.1. The van der Waals surface area contributed by atoms with Crippen LogP contribution in [-0.2, 0) is 0 Å². The van der Waals surface area contributed by atoms with Crippen LogP contribution in [0.1, 0.15) is 10.4 Å². The van der Waals surface area contributed by atoms with Crippen molar-refractivity contribution in [2.24, 2.45) is 0 Å². The molecule has 3 rings (SSSR count). The van der Waals surface area contributed by atoms with Crippen molar-refractivity contribution in [1.82, 2.24) is 9.97 Å². The highest BCUT2D eigenvalue weighted by atomic mass is 79.9. The molecule has 0 aliphatic heterocycles. The van der Waals surface area contributed by atoms with Crippen molar-refractivity contribution in [3.8, 4) is 11.4 Å². The van der Waals surface area contributed by atoms with E-state index in [4.69, 9.17) is 5.11 Å². The van der Waals surface area contributed by atoms with Gasteiger partial charge in [-0.3, -0.25) is 0 Å². The Labute approximate surface area is 125 Å². The maximum Gasteiger partial charge on any atom is 0.338 e. The second-order valence-electron chi connectivity index (χ2n) is 4.37. The smallest absolute Gasteiger partial charge is 0.338 e. The maximum absolute atomic E-state index is 13.5. The lowest BCUT2D eigenvalue weighted by Gasteiger charge is -1.98. The number of nitrogens with zero attached hydrogens (tertiary/aromatic N) is 1. The number of halogens is 3. The van der Waals surface area contributed by atoms with Gasteiger partial charge in [-0.2, -0.15) is 0 Å². The summed E-state index contributed by atoms with van der Waals surface area (Å²) in [6, 6.07) is 6.42. The van der Waals surface area contributed by atoms with Crippen molar-refractivity contribution in [2.75, 3.05) is 0 Å². The van der Waals surface area contributed by atoms with E-state index in [9.17, 15) is 13.6 Å². The van der Waals surface area contributed by atoms with E-state index < -0.39 is 17.6 Å². The molecule has 0 bridgehead atoms. The number of benzene rings is 2. The first-order valence-corrected chi connectivity index (χ1v) is 6.63. The van der Waals surface area contributed by atoms with Gasteiger partial charge in [0.05, 0.1) is 15.6 Å². The summed E-state index contributed by atoms with van der Waals surface area (Å²) in [7, 11) is 0. The van der Waals surface area contributed by atoms with E-state index in [1.807, 2.05) is 0 Å². The number of nitrogens with one attached hydrogen (secondary N) is 1. The molecule has 2 aromatic carbocycles. The summed E-state index contributed by atoms with van der Waals surface area (Å²) >= 11 is 3.04. The lowest BCUT2D eigenvalue weighted by molar-refractivity contribution is 0.0698. The normalized spacial score (nSPS) is 11.0. The molecule has 3 aromatic rings. The molecule has 4 nitrogen and oxygen atoms in total. The van der Waals surface area contributed by atoms with Crippen LogP contribution in [0.4, 0.5) is 8.78 Å². The van der Waals surface area contributed by atoms with E-state index in [0.29, 0.717) is 10.0 Å². The number of hydrogen-bond acceptors (Lipinski definition) is 2. The van der Waals surface area contributed by atoms with Crippen LogP contribution < -0.4 is 0 Å². The highest BCUT2D eigenvalue weighted by Crippen LogP contribution is 2.26. The molecule has 0 fully saturated rings. The van der Waals surface area contributed by atoms with Gasteiger partial charge >= 0.3 is 5.97 Å². The van der Waals surface area contributed by atoms with Crippen molar-refractivity contribution in [3.05, 3.63) is 52.0 Å². The van der Waals surface area contributed by atoms with Crippen molar-refractivity contribution in [2.45, 2.75) is 0 Å². The molecule has 0 unspecified atom stereocenters. The van der Waals surface area contributed by atoms with Gasteiger partial charge in [0.2, 0.25) is 0 Å². The zero-order valence-electron chi connectivity index (χ0n) is 10.3. The number of hydrogen-bond donors (Lipinski definition) is 2. The van der Waals surface area contributed by atoms with Crippen LogP contribution in [-0.4, -0.2) is 21.0 Å². The fraction of sp³-hybridized carbons (Fsp3) is 0. The largest absolute Gasteiger partial charge is 0.478 e. The Morgan fingerprint density at radius 1 is 1.24 bits per heavy atom. The third-order valence-corrected chi connectivity index (χ3v) is 3.62. The van der Waals surface area contributed by atoms with E-state index in [0.717, 1.165) is 12.1 Å². The van der Waals surface area contributed by atoms with Crippen LogP contribution in [0.25, 0.3) is 22.4 Å². The molecule has 0 amide bonds. The minimum Gasteiger partial charge on any atom is -0.478 e. The van der Waals surface area contributed by atoms with Crippen LogP contribution >= 0.6 is 15.9 Å². The van der Waals surface area contributed by atoms with Crippen LogP contribution in [0.5, 0.6) is 0 Å². The van der Waals surface area contributed by atoms with Gasteiger partial charge in [-0.15, -0.1) is 0 Å². The predicted octanol–water partition coefficient (Wildman–Crippen LogP) is 3.97. The number of H-pyrrole nitrogens is 1. The zero-order valence-corrected chi connectivity index (χ0v) is 11.9. The summed E-state index contributed by atoms with van der Waals surface area (Å²) in [5, 5.41) is 9.08. The molecule has 1 aromatic heterocycles. The van der Waals surface area contributed by atoms with Crippen molar-refractivity contribution in [1.29, 1.82) is 0 Å². The molecule has 0 saturated carbocycles. The number of rotatable bonds is 2. The average molecular weight is 353 g/mol. The molecule has 0 saturated heterocycles. The Morgan fingerprint density at radius 2 is 2.00 bits per heavy atom. The molecule has 21 heavy (non-hydrogen) atoms. The summed E-state index contributed by atoms with van der Waals surface area (Å²) in [6.07, 6.45) is 0. The summed E-state index contributed by atoms with van der Waals surface area (Å²) in [5.41, 5.74) is 0.557. The van der Waals surface area contributed by atoms with Gasteiger partial charge in [0, 0.05) is 5.56 Å². The molecular formula is C14H7BrF2N2O2. The van der Waals surface area contributed by atoms with E-state index in [1.165, 1.54) is 12.1 Å². The van der Waals surface area contributed by atoms with Crippen LogP contribution in [0.2, 0.25) is 0 Å². The van der Waals surface area contributed by atoms with Crippen LogP contribution in [0.3, 0.4) is 0 Å². The summed E-state index contributed by atoms with van der Waals surface area (Å²) in [4.78, 5) is 18.1. The SMILES string of the molecule is O=C(O)c1cc(F)cc2[nH]c(-c3ccc(Br)c(F)c3)nc12. The van der Waals surface area contributed by atoms with Gasteiger partial charge in [0.25, 0.3) is 0 Å². The predicted molar refractivity (Wildman–Crippen MR) is 76.1 cm³/mol. The van der Waals surface area contributed by atoms with Gasteiger partial charge in [-0.25, -0.2) is 18.6 Å². The number of aromatic carboxylic acids is 1. The first kappa shape index (κ1) is 13.7. The Bertz CT molecular complexity index is 877. The van der Waals surface area contributed by atoms with Gasteiger partial charge in [0.1, 0.15) is 23.0 Å². The number of carboxylic acid groups (broad SMARTS) is 1. The highest BCUT2D eigenvalue weighted by Gasteiger charge is 2.16. The van der Waals surface area contributed by atoms with E-state index in [2.05, 4.69) is 25.9 Å². The molecule has 0 aliphatic carbocycles. The number of aromatic amines is 1. The molecule has 7 heteroatoms. The average Bonchev–Trinajstić information content (AvgIpc) is 2.84. The minimum atomic E-state index is -1.28. The quantitative estimate of drug-likeness (QED) is 0.733. The van der Waals surface area contributed by atoms with Gasteiger partial charge in [0.15, 0.2) is 0 Å². The number of carbonyl (C=O) groups is 1. The Balaban J connectivity index is 2.23. The van der Waals surface area contributed by atoms with Gasteiger partial charge in [-0.1, -0.05) is 0 Å². The van der Waals surface area contributed by atoms with Crippen LogP contribution in [0, 0.1) is 11.6 Å². The molecule has 106 valence electrons. The number of aromatic nitrogens is 2. The van der Waals surface area contributed by atoms with E-state index in [-0.39, 0.29) is 22.4 Å². The molecule has 0 radical (unpaired) electrons. The topological polar surface area (TPSA) is 66.0 Å². The third-order valence-electron chi connectivity index (χ3n) is 2.97. The summed E-state index contributed by atoms with van der Waals surface area (Å²) in [5.74, 6) is -2.17. The second-order valence-corrected chi connectivity index (χ2v) is 5.22.